The largest absolute Gasteiger partial charge is 0.493 e. The second-order valence-electron chi connectivity index (χ2n) is 8.02. The molecule has 2 heterocycles. The molecule has 0 spiro atoms. The van der Waals surface area contributed by atoms with Crippen molar-refractivity contribution >= 4 is 17.1 Å². The Morgan fingerprint density at radius 3 is 2.72 bits per heavy atom. The van der Waals surface area contributed by atoms with Gasteiger partial charge in [0.25, 0.3) is 5.56 Å². The molecule has 9 nitrogen and oxygen atoms in total. The third-order valence-electron chi connectivity index (χ3n) is 5.84. The average Bonchev–Trinajstić information content (AvgIpc) is 3.41. The van der Waals surface area contributed by atoms with Crippen molar-refractivity contribution in [1.29, 1.82) is 0 Å². The van der Waals surface area contributed by atoms with Crippen LogP contribution in [-0.2, 0) is 11.2 Å². The molecule has 162 valence electrons. The molecular weight excluding hydrogens is 410 g/mol. The lowest BCUT2D eigenvalue weighted by Gasteiger charge is -2.14. The Labute approximate surface area is 182 Å². The number of nitrogens with zero attached hydrogens (tertiary/aromatic N) is 3. The van der Waals surface area contributed by atoms with E-state index in [9.17, 15) is 14.7 Å². The van der Waals surface area contributed by atoms with Crippen molar-refractivity contribution in [1.82, 2.24) is 25.4 Å². The number of H-pyrrole nitrogens is 2. The summed E-state index contributed by atoms with van der Waals surface area (Å²) in [6.07, 6.45) is 1.96. The van der Waals surface area contributed by atoms with Crippen LogP contribution in [0.1, 0.15) is 25.3 Å². The van der Waals surface area contributed by atoms with Crippen molar-refractivity contribution in [3.63, 3.8) is 0 Å². The Bertz CT molecular complexity index is 1390. The first kappa shape index (κ1) is 19.9. The summed E-state index contributed by atoms with van der Waals surface area (Å²) in [4.78, 5) is 31.0. The maximum absolute atomic E-state index is 12.3. The van der Waals surface area contributed by atoms with Gasteiger partial charge in [-0.15, -0.1) is 10.2 Å². The van der Waals surface area contributed by atoms with Gasteiger partial charge in [0.1, 0.15) is 11.6 Å². The number of nitrogens with one attached hydrogen (secondary N) is 2. The number of carboxylic acid groups (broad SMARTS) is 1. The summed E-state index contributed by atoms with van der Waals surface area (Å²) >= 11 is 0. The molecule has 0 unspecified atom stereocenters. The van der Waals surface area contributed by atoms with Crippen LogP contribution in [0.15, 0.2) is 47.3 Å². The zero-order valence-electron chi connectivity index (χ0n) is 17.4. The summed E-state index contributed by atoms with van der Waals surface area (Å²) in [5.41, 5.74) is 2.89. The van der Waals surface area contributed by atoms with Gasteiger partial charge in [-0.3, -0.25) is 9.59 Å². The summed E-state index contributed by atoms with van der Waals surface area (Å²) in [5.74, 6) is 0.194. The highest BCUT2D eigenvalue weighted by atomic mass is 16.5. The minimum atomic E-state index is -0.725. The minimum Gasteiger partial charge on any atom is -0.493 e. The van der Waals surface area contributed by atoms with Crippen molar-refractivity contribution in [3.05, 3.63) is 58.4 Å². The number of fused-ring (bicyclic) bond motifs is 1. The zero-order valence-corrected chi connectivity index (χ0v) is 17.4. The van der Waals surface area contributed by atoms with E-state index in [-0.39, 0.29) is 16.7 Å². The molecule has 9 heteroatoms. The second kappa shape index (κ2) is 7.60. The molecule has 0 amide bonds. The van der Waals surface area contributed by atoms with Gasteiger partial charge in [0.2, 0.25) is 5.65 Å². The van der Waals surface area contributed by atoms with Gasteiger partial charge in [-0.1, -0.05) is 30.3 Å². The standard InChI is InChI=1S/C23H21N5O4/c1-2-32-17-11-15(14-5-3-4-13(10-14)12-23(8-9-23)22(30)31)6-7-16(17)19-24-20-18(21(29)25-19)26-28-27-20/h3-7,10-11H,2,8-9,12H2,1H3,(H,30,31)(H2,24,25,26,27,28,29). The van der Waals surface area contributed by atoms with Crippen molar-refractivity contribution in [2.24, 2.45) is 5.41 Å². The van der Waals surface area contributed by atoms with Crippen LogP contribution in [0.2, 0.25) is 0 Å². The lowest BCUT2D eigenvalue weighted by Crippen LogP contribution is -2.17. The summed E-state index contributed by atoms with van der Waals surface area (Å²) < 4.78 is 5.86. The fraction of sp³-hybridized carbons (Fsp3) is 0.261. The molecule has 0 aliphatic heterocycles. The molecule has 0 atom stereocenters. The third-order valence-corrected chi connectivity index (χ3v) is 5.84. The number of aromatic nitrogens is 5. The first-order valence-corrected chi connectivity index (χ1v) is 10.4. The Hall–Kier alpha value is -4.01. The van der Waals surface area contributed by atoms with E-state index >= 15 is 0 Å². The van der Waals surface area contributed by atoms with Gasteiger partial charge in [-0.25, -0.2) is 4.98 Å². The number of rotatable bonds is 7. The van der Waals surface area contributed by atoms with Crippen molar-refractivity contribution in [2.45, 2.75) is 26.2 Å². The van der Waals surface area contributed by atoms with Crippen LogP contribution < -0.4 is 10.3 Å². The van der Waals surface area contributed by atoms with Crippen molar-refractivity contribution < 1.29 is 14.6 Å². The van der Waals surface area contributed by atoms with Gasteiger partial charge in [0, 0.05) is 0 Å². The minimum absolute atomic E-state index is 0.148. The number of aromatic amines is 2. The molecule has 1 fully saturated rings. The fourth-order valence-electron chi connectivity index (χ4n) is 3.92. The summed E-state index contributed by atoms with van der Waals surface area (Å²) in [5, 5.41) is 19.6. The van der Waals surface area contributed by atoms with Crippen LogP contribution >= 0.6 is 0 Å². The van der Waals surface area contributed by atoms with E-state index in [0.717, 1.165) is 29.5 Å². The highest BCUT2D eigenvalue weighted by Gasteiger charge is 2.49. The number of benzene rings is 2. The van der Waals surface area contributed by atoms with Gasteiger partial charge in [-0.2, -0.15) is 5.21 Å². The van der Waals surface area contributed by atoms with Gasteiger partial charge < -0.3 is 14.8 Å². The first-order chi connectivity index (χ1) is 15.5. The second-order valence-corrected chi connectivity index (χ2v) is 8.02. The van der Waals surface area contributed by atoms with E-state index in [2.05, 4.69) is 25.4 Å². The van der Waals surface area contributed by atoms with Crippen LogP contribution in [0.4, 0.5) is 0 Å². The van der Waals surface area contributed by atoms with Gasteiger partial charge in [0.05, 0.1) is 17.6 Å². The number of ether oxygens (including phenoxy) is 1. The van der Waals surface area contributed by atoms with Gasteiger partial charge >= 0.3 is 5.97 Å². The lowest BCUT2D eigenvalue weighted by atomic mass is 9.93. The Morgan fingerprint density at radius 1 is 1.16 bits per heavy atom. The van der Waals surface area contributed by atoms with Gasteiger partial charge in [0.15, 0.2) is 5.52 Å². The van der Waals surface area contributed by atoms with E-state index in [4.69, 9.17) is 4.74 Å². The zero-order chi connectivity index (χ0) is 22.3. The highest BCUT2D eigenvalue weighted by Crippen LogP contribution is 2.48. The summed E-state index contributed by atoms with van der Waals surface area (Å²) in [7, 11) is 0. The molecule has 2 aromatic carbocycles. The number of hydrogen-bond acceptors (Lipinski definition) is 6. The highest BCUT2D eigenvalue weighted by molar-refractivity contribution is 5.79. The van der Waals surface area contributed by atoms with Gasteiger partial charge in [-0.05, 0) is 55.0 Å². The Kier molecular flexibility index (Phi) is 4.73. The van der Waals surface area contributed by atoms with E-state index in [0.29, 0.717) is 30.2 Å². The molecule has 4 aromatic rings. The molecule has 5 rings (SSSR count). The summed E-state index contributed by atoms with van der Waals surface area (Å²) in [6, 6.07) is 13.6. The third kappa shape index (κ3) is 3.51. The van der Waals surface area contributed by atoms with Crippen LogP contribution in [0, 0.1) is 5.41 Å². The number of hydrogen-bond donors (Lipinski definition) is 3. The molecule has 1 aliphatic rings. The van der Waals surface area contributed by atoms with Crippen molar-refractivity contribution in [2.75, 3.05) is 6.61 Å². The van der Waals surface area contributed by atoms with Crippen LogP contribution in [0.25, 0.3) is 33.7 Å². The van der Waals surface area contributed by atoms with E-state index < -0.39 is 11.4 Å². The maximum atomic E-state index is 12.3. The summed E-state index contributed by atoms with van der Waals surface area (Å²) in [6.45, 7) is 2.32. The SMILES string of the molecule is CCOc1cc(-c2cccc(CC3(C(=O)O)CC3)c2)ccc1-c1nc2n[nH]nc2c(=O)[nH]1. The Balaban J connectivity index is 1.52. The smallest absolute Gasteiger partial charge is 0.309 e. The Morgan fingerprint density at radius 2 is 1.97 bits per heavy atom. The molecular formula is C23H21N5O4. The number of carbonyl (C=O) groups is 1. The van der Waals surface area contributed by atoms with Crippen LogP contribution in [0.3, 0.4) is 0 Å². The van der Waals surface area contributed by atoms with E-state index in [1.54, 1.807) is 0 Å². The lowest BCUT2D eigenvalue weighted by molar-refractivity contribution is -0.143. The normalized spacial score (nSPS) is 14.4. The fourth-order valence-corrected chi connectivity index (χ4v) is 3.92. The molecule has 2 aromatic heterocycles. The molecule has 0 saturated heterocycles. The molecule has 32 heavy (non-hydrogen) atoms. The first-order valence-electron chi connectivity index (χ1n) is 10.4. The molecule has 3 N–H and O–H groups in total. The van der Waals surface area contributed by atoms with Crippen LogP contribution in [0.5, 0.6) is 5.75 Å². The number of carboxylic acids is 1. The van der Waals surface area contributed by atoms with E-state index in [1.165, 1.54) is 0 Å². The molecule has 1 saturated carbocycles. The van der Waals surface area contributed by atoms with Crippen LogP contribution in [-0.4, -0.2) is 43.1 Å². The quantitative estimate of drug-likeness (QED) is 0.409. The molecule has 0 radical (unpaired) electrons. The van der Waals surface area contributed by atoms with Crippen molar-refractivity contribution in [3.8, 4) is 28.3 Å². The topological polar surface area (TPSA) is 134 Å². The van der Waals surface area contributed by atoms with E-state index in [1.807, 2.05) is 49.4 Å². The molecule has 1 aliphatic carbocycles. The number of aliphatic carboxylic acids is 1. The average molecular weight is 431 g/mol. The monoisotopic (exact) mass is 431 g/mol. The predicted octanol–water partition coefficient (Wildman–Crippen LogP) is 3.18. The predicted molar refractivity (Wildman–Crippen MR) is 117 cm³/mol. The molecule has 0 bridgehead atoms. The maximum Gasteiger partial charge on any atom is 0.309 e.